The Balaban J connectivity index is 1.58. The minimum Gasteiger partial charge on any atom is -0.346 e. The molecule has 23 heavy (non-hydrogen) atoms. The van der Waals surface area contributed by atoms with Crippen molar-refractivity contribution in [3.8, 4) is 0 Å². The number of rotatable bonds is 5. The van der Waals surface area contributed by atoms with Gasteiger partial charge in [-0.2, -0.15) is 0 Å². The molecule has 3 atom stereocenters. The summed E-state index contributed by atoms with van der Waals surface area (Å²) in [7, 11) is 0. The molecule has 6 nitrogen and oxygen atoms in total. The largest absolute Gasteiger partial charge is 0.346 e. The molecule has 3 rings (SSSR count). The Labute approximate surface area is 136 Å². The Morgan fingerprint density at radius 2 is 2.30 bits per heavy atom. The molecule has 6 heteroatoms. The molecular weight excluding hydrogens is 290 g/mol. The third kappa shape index (κ3) is 3.69. The number of hydrogen-bond donors (Lipinski definition) is 2. The van der Waals surface area contributed by atoms with E-state index in [1.54, 1.807) is 0 Å². The molecule has 2 aromatic heterocycles. The van der Waals surface area contributed by atoms with Crippen LogP contribution in [-0.4, -0.2) is 33.6 Å². The van der Waals surface area contributed by atoms with E-state index in [1.165, 1.54) is 12.8 Å². The molecule has 0 radical (unpaired) electrons. The molecule has 2 aromatic rings. The summed E-state index contributed by atoms with van der Waals surface area (Å²) in [6, 6.07) is 5.61. The first kappa shape index (κ1) is 15.9. The number of carbonyl (C=O) groups is 1. The van der Waals surface area contributed by atoms with E-state index in [9.17, 15) is 4.79 Å². The zero-order valence-corrected chi connectivity index (χ0v) is 13.8. The van der Waals surface area contributed by atoms with E-state index in [1.807, 2.05) is 35.7 Å². The van der Waals surface area contributed by atoms with Crippen molar-refractivity contribution in [2.24, 2.45) is 11.8 Å². The van der Waals surface area contributed by atoms with Crippen LogP contribution in [0.4, 0.5) is 0 Å². The molecule has 1 fully saturated rings. The molecule has 1 aliphatic heterocycles. The third-order valence-electron chi connectivity index (χ3n) is 4.75. The molecule has 0 saturated carbocycles. The van der Waals surface area contributed by atoms with Crippen molar-refractivity contribution in [3.05, 3.63) is 30.2 Å². The fourth-order valence-electron chi connectivity index (χ4n) is 3.34. The number of carbonyl (C=O) groups excluding carboxylic acids is 1. The van der Waals surface area contributed by atoms with Crippen molar-refractivity contribution >= 4 is 11.6 Å². The summed E-state index contributed by atoms with van der Waals surface area (Å²) in [6.07, 6.45) is 4.90. The predicted molar refractivity (Wildman–Crippen MR) is 88.9 cm³/mol. The van der Waals surface area contributed by atoms with Crippen molar-refractivity contribution in [2.75, 3.05) is 13.1 Å². The lowest BCUT2D eigenvalue weighted by Gasteiger charge is -2.28. The van der Waals surface area contributed by atoms with Gasteiger partial charge in [-0.25, -0.2) is 0 Å². The minimum atomic E-state index is -0.156. The summed E-state index contributed by atoms with van der Waals surface area (Å²) in [5.41, 5.74) is 0.797. The first-order chi connectivity index (χ1) is 11.1. The Kier molecular flexibility index (Phi) is 4.91. The van der Waals surface area contributed by atoms with Crippen LogP contribution in [0, 0.1) is 11.8 Å². The molecule has 0 aromatic carbocycles. The van der Waals surface area contributed by atoms with Crippen LogP contribution >= 0.6 is 0 Å². The van der Waals surface area contributed by atoms with Gasteiger partial charge in [0.15, 0.2) is 11.5 Å². The zero-order chi connectivity index (χ0) is 16.2. The highest BCUT2D eigenvalue weighted by Gasteiger charge is 2.23. The Bertz CT molecular complexity index is 662. The topological polar surface area (TPSA) is 71.3 Å². The highest BCUT2D eigenvalue weighted by Crippen LogP contribution is 2.23. The lowest BCUT2D eigenvalue weighted by molar-refractivity contribution is -0.123. The van der Waals surface area contributed by atoms with Gasteiger partial charge in [0.05, 0.1) is 6.04 Å². The van der Waals surface area contributed by atoms with Crippen LogP contribution in [-0.2, 0) is 4.79 Å². The standard InChI is InChI=1S/C17H25N5O/c1-12(14-6-5-8-18-11-14)10-16(23)19-13(2)17-21-20-15-7-3-4-9-22(15)17/h3-4,7,9,12-14,18H,5-6,8,10-11H2,1-2H3,(H,19,23). The first-order valence-corrected chi connectivity index (χ1v) is 8.45. The number of fused-ring (bicyclic) bond motifs is 1. The van der Waals surface area contributed by atoms with Gasteiger partial charge in [-0.1, -0.05) is 13.0 Å². The third-order valence-corrected chi connectivity index (χ3v) is 4.75. The van der Waals surface area contributed by atoms with E-state index in [0.29, 0.717) is 18.3 Å². The van der Waals surface area contributed by atoms with Crippen LogP contribution in [0.5, 0.6) is 0 Å². The van der Waals surface area contributed by atoms with E-state index in [2.05, 4.69) is 27.8 Å². The quantitative estimate of drug-likeness (QED) is 0.884. The number of nitrogens with zero attached hydrogens (tertiary/aromatic N) is 3. The van der Waals surface area contributed by atoms with Crippen LogP contribution in [0.3, 0.4) is 0 Å². The average Bonchev–Trinajstić information content (AvgIpc) is 2.99. The second kappa shape index (κ2) is 7.08. The molecule has 0 spiro atoms. The first-order valence-electron chi connectivity index (χ1n) is 8.45. The zero-order valence-electron chi connectivity index (χ0n) is 13.8. The van der Waals surface area contributed by atoms with Gasteiger partial charge >= 0.3 is 0 Å². The summed E-state index contributed by atoms with van der Waals surface area (Å²) < 4.78 is 1.92. The van der Waals surface area contributed by atoms with E-state index in [-0.39, 0.29) is 11.9 Å². The lowest BCUT2D eigenvalue weighted by Crippen LogP contribution is -2.36. The van der Waals surface area contributed by atoms with Gasteiger partial charge in [-0.05, 0) is 56.8 Å². The Hall–Kier alpha value is -1.95. The monoisotopic (exact) mass is 315 g/mol. The number of nitrogens with one attached hydrogen (secondary N) is 2. The molecular formula is C17H25N5O. The Morgan fingerprint density at radius 3 is 3.09 bits per heavy atom. The maximum absolute atomic E-state index is 12.3. The van der Waals surface area contributed by atoms with Gasteiger partial charge in [0.25, 0.3) is 0 Å². The summed E-state index contributed by atoms with van der Waals surface area (Å²) in [5, 5.41) is 14.8. The fraction of sp³-hybridized carbons (Fsp3) is 0.588. The summed E-state index contributed by atoms with van der Waals surface area (Å²) >= 11 is 0. The van der Waals surface area contributed by atoms with Crippen LogP contribution in [0.15, 0.2) is 24.4 Å². The van der Waals surface area contributed by atoms with Gasteiger partial charge in [0.2, 0.25) is 5.91 Å². The highest BCUT2D eigenvalue weighted by molar-refractivity contribution is 5.76. The number of amides is 1. The number of piperidine rings is 1. The summed E-state index contributed by atoms with van der Waals surface area (Å²) in [4.78, 5) is 12.3. The average molecular weight is 315 g/mol. The molecule has 0 aliphatic carbocycles. The maximum Gasteiger partial charge on any atom is 0.220 e. The van der Waals surface area contributed by atoms with Crippen molar-refractivity contribution in [3.63, 3.8) is 0 Å². The van der Waals surface area contributed by atoms with E-state index >= 15 is 0 Å². The second-order valence-corrected chi connectivity index (χ2v) is 6.56. The van der Waals surface area contributed by atoms with E-state index < -0.39 is 0 Å². The normalized spacial score (nSPS) is 21.0. The van der Waals surface area contributed by atoms with Crippen LogP contribution < -0.4 is 10.6 Å². The molecule has 124 valence electrons. The molecule has 1 saturated heterocycles. The number of aromatic nitrogens is 3. The van der Waals surface area contributed by atoms with Crippen molar-refractivity contribution in [2.45, 2.75) is 39.2 Å². The smallest absolute Gasteiger partial charge is 0.220 e. The van der Waals surface area contributed by atoms with Gasteiger partial charge < -0.3 is 10.6 Å². The van der Waals surface area contributed by atoms with Crippen molar-refractivity contribution in [1.29, 1.82) is 0 Å². The lowest BCUT2D eigenvalue weighted by atomic mass is 9.85. The molecule has 3 heterocycles. The summed E-state index contributed by atoms with van der Waals surface area (Å²) in [5.74, 6) is 1.84. The molecule has 1 aliphatic rings. The van der Waals surface area contributed by atoms with Gasteiger partial charge in [0.1, 0.15) is 0 Å². The van der Waals surface area contributed by atoms with Crippen molar-refractivity contribution < 1.29 is 4.79 Å². The maximum atomic E-state index is 12.3. The molecule has 2 N–H and O–H groups in total. The number of pyridine rings is 1. The van der Waals surface area contributed by atoms with Gasteiger partial charge in [0, 0.05) is 12.6 Å². The van der Waals surface area contributed by atoms with Gasteiger partial charge in [-0.3, -0.25) is 9.20 Å². The molecule has 3 unspecified atom stereocenters. The van der Waals surface area contributed by atoms with E-state index in [4.69, 9.17) is 0 Å². The van der Waals surface area contributed by atoms with Crippen LogP contribution in [0.2, 0.25) is 0 Å². The molecule has 1 amide bonds. The predicted octanol–water partition coefficient (Wildman–Crippen LogP) is 1.93. The Morgan fingerprint density at radius 1 is 1.43 bits per heavy atom. The van der Waals surface area contributed by atoms with Gasteiger partial charge in [-0.15, -0.1) is 10.2 Å². The fourth-order valence-corrected chi connectivity index (χ4v) is 3.34. The molecule has 0 bridgehead atoms. The van der Waals surface area contributed by atoms with Crippen LogP contribution in [0.25, 0.3) is 5.65 Å². The van der Waals surface area contributed by atoms with E-state index in [0.717, 1.165) is 24.6 Å². The minimum absolute atomic E-state index is 0.0863. The highest BCUT2D eigenvalue weighted by atomic mass is 16.1. The summed E-state index contributed by atoms with van der Waals surface area (Å²) in [6.45, 7) is 6.26. The number of hydrogen-bond acceptors (Lipinski definition) is 4. The second-order valence-electron chi connectivity index (χ2n) is 6.56. The van der Waals surface area contributed by atoms with Crippen LogP contribution in [0.1, 0.15) is 45.0 Å². The SMILES string of the molecule is CC(NC(=O)CC(C)C1CCCNC1)c1nnc2ccccn12. The van der Waals surface area contributed by atoms with Crippen molar-refractivity contribution in [1.82, 2.24) is 25.2 Å².